The summed E-state index contributed by atoms with van der Waals surface area (Å²) in [7, 11) is 4.67. The fourth-order valence-corrected chi connectivity index (χ4v) is 6.05. The number of ketones is 1. The van der Waals surface area contributed by atoms with Crippen molar-refractivity contribution in [3.8, 4) is 28.6 Å². The first-order valence-corrected chi connectivity index (χ1v) is 13.9. The number of nitrogens with one attached hydrogen (secondary N) is 1. The van der Waals surface area contributed by atoms with Crippen molar-refractivity contribution >= 4 is 39.4 Å². The van der Waals surface area contributed by atoms with E-state index in [1.807, 2.05) is 24.3 Å². The topological polar surface area (TPSA) is 89.3 Å². The Morgan fingerprint density at radius 3 is 2.14 bits per heavy atom. The lowest BCUT2D eigenvalue weighted by molar-refractivity contribution is 0.104. The Morgan fingerprint density at radius 2 is 1.49 bits per heavy atom. The van der Waals surface area contributed by atoms with E-state index in [9.17, 15) is 9.18 Å². The number of methoxy groups -OCH3 is 3. The first kappa shape index (κ1) is 26.6. The molecule has 1 fully saturated rings. The van der Waals surface area contributed by atoms with Gasteiger partial charge >= 0.3 is 0 Å². The molecule has 1 N–H and O–H groups in total. The zero-order valence-electron chi connectivity index (χ0n) is 23.9. The zero-order chi connectivity index (χ0) is 29.7. The summed E-state index contributed by atoms with van der Waals surface area (Å²) in [5.41, 5.74) is 5.51. The molecule has 1 aromatic heterocycles. The van der Waals surface area contributed by atoms with E-state index >= 15 is 0 Å². The van der Waals surface area contributed by atoms with Gasteiger partial charge < -0.3 is 33.9 Å². The second-order valence-corrected chi connectivity index (χ2v) is 10.4. The summed E-state index contributed by atoms with van der Waals surface area (Å²) in [5, 5.41) is 8.65. The molecule has 2 aliphatic rings. The van der Waals surface area contributed by atoms with Crippen LogP contribution in [0.15, 0.2) is 71.3 Å². The summed E-state index contributed by atoms with van der Waals surface area (Å²) < 4.78 is 36.1. The minimum absolute atomic E-state index is 0.112. The molecule has 0 saturated carbocycles. The van der Waals surface area contributed by atoms with Gasteiger partial charge in [-0.2, -0.15) is 0 Å². The van der Waals surface area contributed by atoms with Gasteiger partial charge in [-0.05, 0) is 30.3 Å². The number of nitrogens with zero attached hydrogens (tertiary/aromatic N) is 3. The highest BCUT2D eigenvalue weighted by Gasteiger charge is 2.34. The number of anilines is 4. The van der Waals surface area contributed by atoms with Gasteiger partial charge in [0.05, 0.1) is 43.7 Å². The van der Waals surface area contributed by atoms with Crippen molar-refractivity contribution in [1.29, 1.82) is 0 Å². The number of carbonyl (C=O) groups is 1. The standard InChI is InChI=1S/C33H29FN4O5/c1-40-26-16-20(17-27(41-2)33(26)42-3)35-24-18-25(38-14-12-37(13-15-38)21-10-8-19(34)9-11-21)30-29-28(24)31(39)22-6-4-5-7-23(22)32(29)43-36-30/h4-11,16-18,35H,12-15H2,1-3H3. The number of piperazine rings is 1. The van der Waals surface area contributed by atoms with Crippen LogP contribution in [0, 0.1) is 5.82 Å². The van der Waals surface area contributed by atoms with Crippen LogP contribution in [0.5, 0.6) is 17.2 Å². The van der Waals surface area contributed by atoms with Crippen LogP contribution >= 0.6 is 0 Å². The Balaban J connectivity index is 1.34. The van der Waals surface area contributed by atoms with Crippen LogP contribution in [0.2, 0.25) is 0 Å². The lowest BCUT2D eigenvalue weighted by Gasteiger charge is -2.37. The lowest BCUT2D eigenvalue weighted by atomic mass is 9.86. The maximum atomic E-state index is 14.0. The van der Waals surface area contributed by atoms with E-state index in [2.05, 4.69) is 20.3 Å². The number of halogens is 1. The van der Waals surface area contributed by atoms with Gasteiger partial charge in [0.15, 0.2) is 23.0 Å². The molecule has 218 valence electrons. The number of aromatic nitrogens is 1. The Kier molecular flexibility index (Phi) is 6.53. The second-order valence-electron chi connectivity index (χ2n) is 10.4. The molecule has 4 aromatic carbocycles. The molecule has 1 saturated heterocycles. The van der Waals surface area contributed by atoms with Gasteiger partial charge in [-0.15, -0.1) is 0 Å². The average Bonchev–Trinajstić information content (AvgIpc) is 3.49. The van der Waals surface area contributed by atoms with E-state index in [0.29, 0.717) is 69.5 Å². The summed E-state index contributed by atoms with van der Waals surface area (Å²) in [5.74, 6) is 1.64. The Morgan fingerprint density at radius 1 is 0.837 bits per heavy atom. The van der Waals surface area contributed by atoms with Crippen LogP contribution in [0.4, 0.5) is 27.1 Å². The van der Waals surface area contributed by atoms with Crippen LogP contribution in [-0.4, -0.2) is 58.4 Å². The summed E-state index contributed by atoms with van der Waals surface area (Å²) in [6, 6.07) is 19.6. The quantitative estimate of drug-likeness (QED) is 0.235. The number of fused-ring (bicyclic) bond motifs is 2. The van der Waals surface area contributed by atoms with Crippen LogP contribution in [0.1, 0.15) is 15.9 Å². The predicted octanol–water partition coefficient (Wildman–Crippen LogP) is 6.27. The molecule has 9 nitrogen and oxygen atoms in total. The maximum Gasteiger partial charge on any atom is 0.203 e. The fourth-order valence-electron chi connectivity index (χ4n) is 6.05. The molecule has 2 heterocycles. The largest absolute Gasteiger partial charge is 0.493 e. The summed E-state index contributed by atoms with van der Waals surface area (Å²) in [6.07, 6.45) is 0. The van der Waals surface area contributed by atoms with Gasteiger partial charge in [0.1, 0.15) is 11.3 Å². The highest BCUT2D eigenvalue weighted by atomic mass is 19.1. The second kappa shape index (κ2) is 10.5. The molecule has 0 bridgehead atoms. The molecular formula is C33H29FN4O5. The normalized spacial score (nSPS) is 14.1. The monoisotopic (exact) mass is 580 g/mol. The molecule has 0 atom stereocenters. The summed E-state index contributed by atoms with van der Waals surface area (Å²) in [6.45, 7) is 2.86. The van der Waals surface area contributed by atoms with Crippen molar-refractivity contribution in [3.05, 3.63) is 83.7 Å². The van der Waals surface area contributed by atoms with Crippen molar-refractivity contribution < 1.29 is 27.9 Å². The van der Waals surface area contributed by atoms with Crippen LogP contribution < -0.4 is 29.3 Å². The molecule has 10 heteroatoms. The predicted molar refractivity (Wildman–Crippen MR) is 163 cm³/mol. The van der Waals surface area contributed by atoms with Gasteiger partial charge in [0, 0.05) is 60.8 Å². The first-order chi connectivity index (χ1) is 21.0. The van der Waals surface area contributed by atoms with Gasteiger partial charge in [0.25, 0.3) is 0 Å². The molecule has 7 rings (SSSR count). The van der Waals surface area contributed by atoms with Crippen LogP contribution in [0.25, 0.3) is 22.2 Å². The van der Waals surface area contributed by atoms with Gasteiger partial charge in [0.2, 0.25) is 5.75 Å². The van der Waals surface area contributed by atoms with Gasteiger partial charge in [-0.3, -0.25) is 4.79 Å². The molecule has 0 radical (unpaired) electrons. The third kappa shape index (κ3) is 4.37. The van der Waals surface area contributed by atoms with Gasteiger partial charge in [-0.25, -0.2) is 4.39 Å². The minimum atomic E-state index is -0.253. The first-order valence-electron chi connectivity index (χ1n) is 13.9. The van der Waals surface area contributed by atoms with Crippen molar-refractivity contribution in [2.24, 2.45) is 0 Å². The van der Waals surface area contributed by atoms with Crippen molar-refractivity contribution in [3.63, 3.8) is 0 Å². The Hall–Kier alpha value is -5.25. The molecule has 5 aromatic rings. The van der Waals surface area contributed by atoms with Crippen LogP contribution in [-0.2, 0) is 0 Å². The van der Waals surface area contributed by atoms with Gasteiger partial charge in [-0.1, -0.05) is 29.4 Å². The van der Waals surface area contributed by atoms with E-state index in [1.165, 1.54) is 12.1 Å². The van der Waals surface area contributed by atoms with E-state index in [0.717, 1.165) is 30.0 Å². The molecule has 0 unspecified atom stereocenters. The molecule has 1 aliphatic heterocycles. The lowest BCUT2D eigenvalue weighted by Crippen LogP contribution is -2.46. The average molecular weight is 581 g/mol. The van der Waals surface area contributed by atoms with Crippen molar-refractivity contribution in [2.75, 3.05) is 62.6 Å². The summed E-state index contributed by atoms with van der Waals surface area (Å²) >= 11 is 0. The Labute approximate surface area is 247 Å². The van der Waals surface area contributed by atoms with E-state index < -0.39 is 0 Å². The number of ether oxygens (including phenoxy) is 3. The highest BCUT2D eigenvalue weighted by Crippen LogP contribution is 2.47. The molecule has 0 amide bonds. The van der Waals surface area contributed by atoms with E-state index in [1.54, 1.807) is 51.7 Å². The third-order valence-corrected chi connectivity index (χ3v) is 8.13. The fraction of sp³-hybridized carbons (Fsp3) is 0.212. The molecule has 0 spiro atoms. The third-order valence-electron chi connectivity index (χ3n) is 8.13. The molecule has 43 heavy (non-hydrogen) atoms. The van der Waals surface area contributed by atoms with Crippen LogP contribution in [0.3, 0.4) is 0 Å². The Bertz CT molecular complexity index is 1840. The number of hydrogen-bond donors (Lipinski definition) is 1. The van der Waals surface area contributed by atoms with E-state index in [-0.39, 0.29) is 11.6 Å². The zero-order valence-corrected chi connectivity index (χ0v) is 23.9. The SMILES string of the molecule is COc1cc(Nc2cc(N3CCN(c4ccc(F)cc4)CC3)c3noc4c3c2C(=O)c2ccccc2-4)cc(OC)c1OC. The number of carbonyl (C=O) groups excluding carboxylic acids is 1. The highest BCUT2D eigenvalue weighted by molar-refractivity contribution is 6.28. The van der Waals surface area contributed by atoms with Crippen molar-refractivity contribution in [1.82, 2.24) is 5.16 Å². The number of rotatable bonds is 7. The maximum absolute atomic E-state index is 14.0. The molecular weight excluding hydrogens is 551 g/mol. The van der Waals surface area contributed by atoms with Crippen molar-refractivity contribution in [2.45, 2.75) is 0 Å². The smallest absolute Gasteiger partial charge is 0.203 e. The summed E-state index contributed by atoms with van der Waals surface area (Å²) in [4.78, 5) is 18.5. The van der Waals surface area contributed by atoms with E-state index in [4.69, 9.17) is 18.7 Å². The number of benzene rings is 4. The number of hydrogen-bond acceptors (Lipinski definition) is 9. The molecule has 1 aliphatic carbocycles. The minimum Gasteiger partial charge on any atom is -0.493 e.